The van der Waals surface area contributed by atoms with Crippen molar-refractivity contribution in [2.24, 2.45) is 0 Å². The Morgan fingerprint density at radius 3 is 2.50 bits per heavy atom. The molecule has 2 aliphatic rings. The number of halogens is 1. The van der Waals surface area contributed by atoms with Crippen LogP contribution in [0.3, 0.4) is 0 Å². The lowest BCUT2D eigenvalue weighted by molar-refractivity contribution is 0.126. The van der Waals surface area contributed by atoms with Gasteiger partial charge in [0.1, 0.15) is 0 Å². The summed E-state index contributed by atoms with van der Waals surface area (Å²) in [7, 11) is 0. The van der Waals surface area contributed by atoms with E-state index in [2.05, 4.69) is 4.90 Å². The Kier molecular flexibility index (Phi) is 3.22. The third kappa shape index (κ3) is 2.00. The Labute approximate surface area is 112 Å². The molecule has 2 heterocycles. The molecule has 3 rings (SSSR count). The fraction of sp³-hybridized carbons (Fsp3) is 0.571. The van der Waals surface area contributed by atoms with Crippen LogP contribution in [0, 0.1) is 0 Å². The summed E-state index contributed by atoms with van der Waals surface area (Å²) in [5.74, 6) is 0. The molecule has 2 fully saturated rings. The Morgan fingerprint density at radius 1 is 1.22 bits per heavy atom. The minimum Gasteiger partial charge on any atom is -0.393 e. The maximum atomic E-state index is 9.83. The Balaban J connectivity index is 1.96. The van der Waals surface area contributed by atoms with E-state index >= 15 is 0 Å². The second kappa shape index (κ2) is 4.72. The van der Waals surface area contributed by atoms with Gasteiger partial charge in [-0.25, -0.2) is 0 Å². The molecule has 0 spiro atoms. The molecule has 1 aromatic carbocycles. The molecular formula is C14H18ClNO2. The number of hydrogen-bond donors (Lipinski definition) is 2. The second-order valence-corrected chi connectivity index (χ2v) is 5.79. The molecule has 2 unspecified atom stereocenters. The van der Waals surface area contributed by atoms with Gasteiger partial charge in [0, 0.05) is 28.4 Å². The van der Waals surface area contributed by atoms with Crippen LogP contribution >= 0.6 is 11.6 Å². The summed E-state index contributed by atoms with van der Waals surface area (Å²) >= 11 is 5.98. The summed E-state index contributed by atoms with van der Waals surface area (Å²) in [6.45, 7) is 0.00832. The third-order valence-corrected chi connectivity index (χ3v) is 4.43. The molecule has 2 aliphatic heterocycles. The topological polar surface area (TPSA) is 43.7 Å². The fourth-order valence-corrected chi connectivity index (χ4v) is 3.67. The number of rotatable bonds is 2. The second-order valence-electron chi connectivity index (χ2n) is 5.35. The van der Waals surface area contributed by atoms with E-state index in [0.717, 1.165) is 36.9 Å². The SMILES string of the molecule is OCc1cc(Cl)ccc1N1C2CCC1CC(O)C2. The van der Waals surface area contributed by atoms with E-state index in [0.29, 0.717) is 17.1 Å². The number of nitrogens with zero attached hydrogens (tertiary/aromatic N) is 1. The average Bonchev–Trinajstić information content (AvgIpc) is 2.62. The van der Waals surface area contributed by atoms with E-state index in [4.69, 9.17) is 11.6 Å². The highest BCUT2D eigenvalue weighted by molar-refractivity contribution is 6.30. The first kappa shape index (κ1) is 12.3. The lowest BCUT2D eigenvalue weighted by atomic mass is 9.98. The van der Waals surface area contributed by atoms with E-state index in [1.165, 1.54) is 0 Å². The van der Waals surface area contributed by atoms with Gasteiger partial charge in [0.2, 0.25) is 0 Å². The molecule has 2 saturated heterocycles. The summed E-state index contributed by atoms with van der Waals surface area (Å²) in [6, 6.07) is 6.52. The van der Waals surface area contributed by atoms with Crippen molar-refractivity contribution in [3.05, 3.63) is 28.8 Å². The molecular weight excluding hydrogens is 250 g/mol. The Bertz CT molecular complexity index is 437. The van der Waals surface area contributed by atoms with E-state index in [-0.39, 0.29) is 12.7 Å². The zero-order valence-electron chi connectivity index (χ0n) is 10.2. The molecule has 18 heavy (non-hydrogen) atoms. The van der Waals surface area contributed by atoms with Gasteiger partial charge in [-0.3, -0.25) is 0 Å². The summed E-state index contributed by atoms with van der Waals surface area (Å²) in [6.07, 6.45) is 3.78. The number of hydrogen-bond acceptors (Lipinski definition) is 3. The van der Waals surface area contributed by atoms with Gasteiger partial charge in [-0.2, -0.15) is 0 Å². The van der Waals surface area contributed by atoms with Gasteiger partial charge in [-0.15, -0.1) is 0 Å². The van der Waals surface area contributed by atoms with Gasteiger partial charge in [0.25, 0.3) is 0 Å². The molecule has 1 aromatic rings. The number of fused-ring (bicyclic) bond motifs is 2. The number of benzene rings is 1. The van der Waals surface area contributed by atoms with Crippen LogP contribution in [-0.4, -0.2) is 28.4 Å². The zero-order chi connectivity index (χ0) is 12.7. The largest absolute Gasteiger partial charge is 0.393 e. The maximum Gasteiger partial charge on any atom is 0.0702 e. The number of aliphatic hydroxyl groups is 2. The molecule has 0 aromatic heterocycles. The number of aliphatic hydroxyl groups excluding tert-OH is 2. The quantitative estimate of drug-likeness (QED) is 0.864. The third-order valence-electron chi connectivity index (χ3n) is 4.20. The molecule has 0 amide bonds. The Hall–Kier alpha value is -0.770. The fourth-order valence-electron chi connectivity index (χ4n) is 3.47. The van der Waals surface area contributed by atoms with E-state index < -0.39 is 0 Å². The van der Waals surface area contributed by atoms with Crippen molar-refractivity contribution < 1.29 is 10.2 Å². The molecule has 3 nitrogen and oxygen atoms in total. The monoisotopic (exact) mass is 267 g/mol. The van der Waals surface area contributed by atoms with Crippen molar-refractivity contribution >= 4 is 17.3 Å². The van der Waals surface area contributed by atoms with Gasteiger partial charge in [-0.05, 0) is 43.9 Å². The smallest absolute Gasteiger partial charge is 0.0702 e. The highest BCUT2D eigenvalue weighted by Crippen LogP contribution is 2.41. The molecule has 0 saturated carbocycles. The first-order chi connectivity index (χ1) is 8.69. The first-order valence-electron chi connectivity index (χ1n) is 6.54. The van der Waals surface area contributed by atoms with Crippen LogP contribution in [0.2, 0.25) is 5.02 Å². The predicted molar refractivity (Wildman–Crippen MR) is 71.9 cm³/mol. The molecule has 0 radical (unpaired) electrons. The molecule has 2 N–H and O–H groups in total. The maximum absolute atomic E-state index is 9.83. The van der Waals surface area contributed by atoms with E-state index in [1.807, 2.05) is 18.2 Å². The summed E-state index contributed by atoms with van der Waals surface area (Å²) in [4.78, 5) is 2.38. The molecule has 98 valence electrons. The standard InChI is InChI=1S/C14H18ClNO2/c15-10-1-4-14(9(5-10)8-17)16-11-2-3-12(16)7-13(18)6-11/h1,4-5,11-13,17-18H,2-3,6-8H2. The molecule has 4 heteroatoms. The van der Waals surface area contributed by atoms with Crippen molar-refractivity contribution in [1.29, 1.82) is 0 Å². The van der Waals surface area contributed by atoms with E-state index in [9.17, 15) is 10.2 Å². The minimum atomic E-state index is -0.163. The van der Waals surface area contributed by atoms with Crippen molar-refractivity contribution in [3.8, 4) is 0 Å². The van der Waals surface area contributed by atoms with E-state index in [1.54, 1.807) is 0 Å². The summed E-state index contributed by atoms with van der Waals surface area (Å²) in [5.41, 5.74) is 1.97. The van der Waals surface area contributed by atoms with Crippen LogP contribution in [-0.2, 0) is 6.61 Å². The van der Waals surface area contributed by atoms with Crippen molar-refractivity contribution in [1.82, 2.24) is 0 Å². The lowest BCUT2D eigenvalue weighted by Gasteiger charge is -2.40. The summed E-state index contributed by atoms with van der Waals surface area (Å²) in [5, 5.41) is 20.0. The highest BCUT2D eigenvalue weighted by atomic mass is 35.5. The zero-order valence-corrected chi connectivity index (χ0v) is 11.0. The van der Waals surface area contributed by atoms with Crippen LogP contribution < -0.4 is 4.90 Å². The first-order valence-corrected chi connectivity index (χ1v) is 6.92. The van der Waals surface area contributed by atoms with Crippen LogP contribution in [0.5, 0.6) is 0 Å². The number of anilines is 1. The summed E-state index contributed by atoms with van der Waals surface area (Å²) < 4.78 is 0. The van der Waals surface area contributed by atoms with Gasteiger partial charge in [0.05, 0.1) is 12.7 Å². The Morgan fingerprint density at radius 2 is 1.89 bits per heavy atom. The molecule has 2 bridgehead atoms. The van der Waals surface area contributed by atoms with Crippen LogP contribution in [0.4, 0.5) is 5.69 Å². The minimum absolute atomic E-state index is 0.00832. The van der Waals surface area contributed by atoms with Gasteiger partial charge >= 0.3 is 0 Å². The van der Waals surface area contributed by atoms with Crippen LogP contribution in [0.1, 0.15) is 31.2 Å². The van der Waals surface area contributed by atoms with Crippen LogP contribution in [0.15, 0.2) is 18.2 Å². The lowest BCUT2D eigenvalue weighted by Crippen LogP contribution is -2.45. The van der Waals surface area contributed by atoms with Gasteiger partial charge in [0.15, 0.2) is 0 Å². The van der Waals surface area contributed by atoms with Crippen molar-refractivity contribution in [2.75, 3.05) is 4.90 Å². The normalized spacial score (nSPS) is 30.8. The van der Waals surface area contributed by atoms with Crippen molar-refractivity contribution in [2.45, 2.75) is 50.5 Å². The highest BCUT2D eigenvalue weighted by Gasteiger charge is 2.40. The van der Waals surface area contributed by atoms with Crippen molar-refractivity contribution in [3.63, 3.8) is 0 Å². The van der Waals surface area contributed by atoms with Gasteiger partial charge in [-0.1, -0.05) is 11.6 Å². The number of piperidine rings is 1. The van der Waals surface area contributed by atoms with Gasteiger partial charge < -0.3 is 15.1 Å². The predicted octanol–water partition coefficient (Wildman–Crippen LogP) is 2.32. The molecule has 0 aliphatic carbocycles. The molecule has 2 atom stereocenters. The average molecular weight is 268 g/mol. The van der Waals surface area contributed by atoms with Crippen LogP contribution in [0.25, 0.3) is 0 Å².